The van der Waals surface area contributed by atoms with Crippen LogP contribution in [0, 0.1) is 6.92 Å². The van der Waals surface area contributed by atoms with Gasteiger partial charge in [0.15, 0.2) is 17.5 Å². The van der Waals surface area contributed by atoms with Crippen molar-refractivity contribution in [3.63, 3.8) is 0 Å². The van der Waals surface area contributed by atoms with Crippen LogP contribution in [0.1, 0.15) is 12.7 Å². The summed E-state index contributed by atoms with van der Waals surface area (Å²) in [5.74, 6) is 1.76. The lowest BCUT2D eigenvalue weighted by Gasteiger charge is -2.05. The summed E-state index contributed by atoms with van der Waals surface area (Å²) < 4.78 is 29.8. The molecule has 0 saturated heterocycles. The average Bonchev–Trinajstić information content (AvgIpc) is 2.77. The van der Waals surface area contributed by atoms with Crippen molar-refractivity contribution in [3.8, 4) is 0 Å². The maximum absolute atomic E-state index is 11.3. The van der Waals surface area contributed by atoms with E-state index >= 15 is 0 Å². The Labute approximate surface area is 110 Å². The second-order valence-electron chi connectivity index (χ2n) is 3.76. The fourth-order valence-electron chi connectivity index (χ4n) is 1.24. The van der Waals surface area contributed by atoms with Crippen molar-refractivity contribution < 1.29 is 12.9 Å². The maximum atomic E-state index is 11.3. The van der Waals surface area contributed by atoms with E-state index < -0.39 is 10.0 Å². The van der Waals surface area contributed by atoms with E-state index in [0.29, 0.717) is 17.4 Å². The highest BCUT2D eigenvalue weighted by Crippen LogP contribution is 2.14. The van der Waals surface area contributed by atoms with Crippen LogP contribution >= 0.6 is 0 Å². The number of anilines is 3. The smallest absolute Gasteiger partial charge is 0.233 e. The van der Waals surface area contributed by atoms with Crippen LogP contribution in [0.3, 0.4) is 0 Å². The molecule has 0 unspecified atom stereocenters. The van der Waals surface area contributed by atoms with Gasteiger partial charge in [-0.2, -0.15) is 0 Å². The third-order valence-electron chi connectivity index (χ3n) is 2.19. The molecule has 0 spiro atoms. The number of sulfonamides is 1. The third kappa shape index (κ3) is 3.65. The van der Waals surface area contributed by atoms with Gasteiger partial charge in [-0.1, -0.05) is 5.16 Å². The molecule has 0 saturated carbocycles. The first-order valence-corrected chi connectivity index (χ1v) is 7.18. The molecule has 8 nitrogen and oxygen atoms in total. The number of nitrogens with one attached hydrogen (secondary N) is 2. The quantitative estimate of drug-likeness (QED) is 0.850. The minimum atomic E-state index is -3.34. The monoisotopic (exact) mass is 283 g/mol. The SMILES string of the molecule is CCS(=O)(=O)Nc1ccc(Nc2cc(C)on2)nn1. The molecule has 102 valence electrons. The zero-order valence-electron chi connectivity index (χ0n) is 10.4. The van der Waals surface area contributed by atoms with Crippen LogP contribution in [0.25, 0.3) is 0 Å². The molecule has 0 fully saturated rings. The van der Waals surface area contributed by atoms with Gasteiger partial charge in [0.25, 0.3) is 0 Å². The zero-order chi connectivity index (χ0) is 13.9. The van der Waals surface area contributed by atoms with Gasteiger partial charge in [-0.25, -0.2) is 8.42 Å². The Morgan fingerprint density at radius 1 is 1.21 bits per heavy atom. The highest BCUT2D eigenvalue weighted by Gasteiger charge is 2.08. The van der Waals surface area contributed by atoms with E-state index in [1.807, 2.05) is 0 Å². The van der Waals surface area contributed by atoms with Crippen molar-refractivity contribution in [1.82, 2.24) is 15.4 Å². The standard InChI is InChI=1S/C10H13N5O3S/c1-3-19(16,17)15-9-5-4-8(12-13-9)11-10-6-7(2)18-14-10/h4-6H,3H2,1-2H3,(H,13,15)(H,11,12,14). The summed E-state index contributed by atoms with van der Waals surface area (Å²) in [7, 11) is -3.34. The second kappa shape index (κ2) is 5.22. The summed E-state index contributed by atoms with van der Waals surface area (Å²) in [4.78, 5) is 0. The number of hydrogen-bond acceptors (Lipinski definition) is 7. The minimum Gasteiger partial charge on any atom is -0.360 e. The first kappa shape index (κ1) is 13.3. The Kier molecular flexibility index (Phi) is 3.65. The van der Waals surface area contributed by atoms with Crippen LogP contribution in [0.2, 0.25) is 0 Å². The molecule has 0 radical (unpaired) electrons. The highest BCUT2D eigenvalue weighted by molar-refractivity contribution is 7.92. The predicted octanol–water partition coefficient (Wildman–Crippen LogP) is 1.28. The van der Waals surface area contributed by atoms with E-state index in [-0.39, 0.29) is 11.6 Å². The van der Waals surface area contributed by atoms with Crippen molar-refractivity contribution in [2.75, 3.05) is 15.8 Å². The topological polar surface area (TPSA) is 110 Å². The molecule has 2 heterocycles. The Bertz CT molecular complexity index is 650. The molecule has 19 heavy (non-hydrogen) atoms. The molecule has 0 bridgehead atoms. The van der Waals surface area contributed by atoms with Crippen LogP contribution in [-0.4, -0.2) is 29.5 Å². The molecule has 2 rings (SSSR count). The molecule has 2 N–H and O–H groups in total. The lowest BCUT2D eigenvalue weighted by atomic mass is 10.4. The van der Waals surface area contributed by atoms with E-state index in [1.165, 1.54) is 6.07 Å². The van der Waals surface area contributed by atoms with Gasteiger partial charge in [0.1, 0.15) is 5.76 Å². The first-order chi connectivity index (χ1) is 8.98. The second-order valence-corrected chi connectivity index (χ2v) is 5.77. The predicted molar refractivity (Wildman–Crippen MR) is 69.6 cm³/mol. The van der Waals surface area contributed by atoms with Gasteiger partial charge in [-0.3, -0.25) is 4.72 Å². The summed E-state index contributed by atoms with van der Waals surface area (Å²) in [5, 5.41) is 14.2. The number of rotatable bonds is 5. The van der Waals surface area contributed by atoms with Gasteiger partial charge in [-0.15, -0.1) is 10.2 Å². The molecule has 0 aliphatic rings. The van der Waals surface area contributed by atoms with Crippen molar-refractivity contribution in [2.24, 2.45) is 0 Å². The lowest BCUT2D eigenvalue weighted by molar-refractivity contribution is 0.400. The zero-order valence-corrected chi connectivity index (χ0v) is 11.2. The summed E-state index contributed by atoms with van der Waals surface area (Å²) >= 11 is 0. The van der Waals surface area contributed by atoms with Crippen LogP contribution in [-0.2, 0) is 10.0 Å². The van der Waals surface area contributed by atoms with Crippen molar-refractivity contribution in [3.05, 3.63) is 24.0 Å². The number of aromatic nitrogens is 3. The van der Waals surface area contributed by atoms with Crippen molar-refractivity contribution in [2.45, 2.75) is 13.8 Å². The molecule has 0 amide bonds. The van der Waals surface area contributed by atoms with E-state index in [1.54, 1.807) is 26.0 Å². The number of aryl methyl sites for hydroxylation is 1. The summed E-state index contributed by atoms with van der Waals surface area (Å²) in [6, 6.07) is 4.80. The molecule has 0 aromatic carbocycles. The van der Waals surface area contributed by atoms with E-state index in [9.17, 15) is 8.42 Å². The highest BCUT2D eigenvalue weighted by atomic mass is 32.2. The van der Waals surface area contributed by atoms with Crippen molar-refractivity contribution in [1.29, 1.82) is 0 Å². The Morgan fingerprint density at radius 2 is 1.89 bits per heavy atom. The molecular weight excluding hydrogens is 270 g/mol. The number of hydrogen-bond donors (Lipinski definition) is 2. The van der Waals surface area contributed by atoms with Crippen LogP contribution < -0.4 is 10.0 Å². The Morgan fingerprint density at radius 3 is 2.42 bits per heavy atom. The van der Waals surface area contributed by atoms with E-state index in [4.69, 9.17) is 4.52 Å². The lowest BCUT2D eigenvalue weighted by Crippen LogP contribution is -2.15. The van der Waals surface area contributed by atoms with Gasteiger partial charge >= 0.3 is 0 Å². The van der Waals surface area contributed by atoms with Gasteiger partial charge in [0, 0.05) is 6.07 Å². The van der Waals surface area contributed by atoms with Gasteiger partial charge in [0.05, 0.1) is 5.75 Å². The molecule has 2 aromatic rings. The summed E-state index contributed by atoms with van der Waals surface area (Å²) in [5.41, 5.74) is 0. The summed E-state index contributed by atoms with van der Waals surface area (Å²) in [6.45, 7) is 3.31. The van der Waals surface area contributed by atoms with E-state index in [2.05, 4.69) is 25.4 Å². The fourth-order valence-corrected chi connectivity index (χ4v) is 1.81. The van der Waals surface area contributed by atoms with Gasteiger partial charge in [0.2, 0.25) is 10.0 Å². The molecule has 2 aromatic heterocycles. The average molecular weight is 283 g/mol. The third-order valence-corrected chi connectivity index (χ3v) is 3.47. The molecule has 0 aliphatic heterocycles. The summed E-state index contributed by atoms with van der Waals surface area (Å²) in [6.07, 6.45) is 0. The van der Waals surface area contributed by atoms with Crippen LogP contribution in [0.15, 0.2) is 22.7 Å². The first-order valence-electron chi connectivity index (χ1n) is 5.53. The molecule has 0 atom stereocenters. The maximum Gasteiger partial charge on any atom is 0.233 e. The van der Waals surface area contributed by atoms with Gasteiger partial charge in [-0.05, 0) is 26.0 Å². The minimum absolute atomic E-state index is 0.0209. The van der Waals surface area contributed by atoms with E-state index in [0.717, 1.165) is 0 Å². The Hall–Kier alpha value is -2.16. The normalized spacial score (nSPS) is 11.3. The number of nitrogens with zero attached hydrogens (tertiary/aromatic N) is 3. The Balaban J connectivity index is 2.06. The molecule has 9 heteroatoms. The molecule has 0 aliphatic carbocycles. The van der Waals surface area contributed by atoms with Crippen LogP contribution in [0.5, 0.6) is 0 Å². The fraction of sp³-hybridized carbons (Fsp3) is 0.300. The van der Waals surface area contributed by atoms with Gasteiger partial charge < -0.3 is 9.84 Å². The van der Waals surface area contributed by atoms with Crippen LogP contribution in [0.4, 0.5) is 17.5 Å². The van der Waals surface area contributed by atoms with Crippen molar-refractivity contribution >= 4 is 27.5 Å². The molecular formula is C10H13N5O3S. The largest absolute Gasteiger partial charge is 0.360 e.